The molecule has 0 saturated heterocycles. The maximum absolute atomic E-state index is 10.5. The van der Waals surface area contributed by atoms with Crippen LogP contribution in [-0.2, 0) is 21.1 Å². The molecule has 0 heterocycles. The van der Waals surface area contributed by atoms with Crippen molar-refractivity contribution in [2.24, 2.45) is 0 Å². The van der Waals surface area contributed by atoms with Crippen molar-refractivity contribution in [2.45, 2.75) is 131 Å². The van der Waals surface area contributed by atoms with Gasteiger partial charge >= 0.3 is 33.4 Å². The minimum absolute atomic E-state index is 0. The summed E-state index contributed by atoms with van der Waals surface area (Å²) in [5.74, 6) is 0.708. The predicted octanol–water partition coefficient (Wildman–Crippen LogP) is 12.0. The molecule has 0 unspecified atom stereocenters. The largest absolute Gasteiger partial charge is 2.00 e. The molecule has 0 nitrogen and oxygen atoms in total. The molecular weight excluding hydrogens is 731 g/mol. The zero-order valence-electron chi connectivity index (χ0n) is 25.2. The maximum Gasteiger partial charge on any atom is 2.00 e. The minimum atomic E-state index is -4.54. The standard InChI is InChI=1S/2C12H27P.2C3F3.Pt/c2*1-4-7-10-13(11-8-5-2)12-9-6-3;2*1-2-3(4,5)6;/h2*4-12H2,1-3H3;;;/q;;2*-1;+2. The van der Waals surface area contributed by atoms with Crippen LogP contribution in [0.3, 0.4) is 0 Å². The Kier molecular flexibility index (Phi) is 45.5. The monoisotopic (exact) mass is 785 g/mol. The molecule has 0 bridgehead atoms. The molecule has 0 amide bonds. The molecule has 0 fully saturated rings. The van der Waals surface area contributed by atoms with E-state index in [4.69, 9.17) is 12.8 Å². The summed E-state index contributed by atoms with van der Waals surface area (Å²) in [6.07, 6.45) is 28.3. The van der Waals surface area contributed by atoms with Crippen molar-refractivity contribution in [3.05, 3.63) is 12.8 Å². The third kappa shape index (κ3) is 54.9. The summed E-state index contributed by atoms with van der Waals surface area (Å²) in [7, 11) is 0.843. The molecule has 0 saturated carbocycles. The first-order valence-electron chi connectivity index (χ1n) is 14.3. The fourth-order valence-corrected chi connectivity index (χ4v) is 8.88. The molecule has 0 aromatic carbocycles. The van der Waals surface area contributed by atoms with Crippen molar-refractivity contribution in [2.75, 3.05) is 37.0 Å². The van der Waals surface area contributed by atoms with E-state index in [9.17, 15) is 26.3 Å². The molecule has 0 aromatic heterocycles. The summed E-state index contributed by atoms with van der Waals surface area (Å²) in [4.78, 5) is 0. The number of hydrogen-bond donors (Lipinski definition) is 0. The Morgan fingerprint density at radius 3 is 0.641 bits per heavy atom. The summed E-state index contributed by atoms with van der Waals surface area (Å²) in [6, 6.07) is 0. The van der Waals surface area contributed by atoms with Gasteiger partial charge in [-0.2, -0.15) is 26.3 Å². The third-order valence-corrected chi connectivity index (χ3v) is 10.9. The maximum atomic E-state index is 10.5. The van der Waals surface area contributed by atoms with Crippen LogP contribution in [0.4, 0.5) is 26.3 Å². The molecule has 0 spiro atoms. The van der Waals surface area contributed by atoms with Crippen molar-refractivity contribution in [1.29, 1.82) is 0 Å². The van der Waals surface area contributed by atoms with Crippen molar-refractivity contribution < 1.29 is 47.4 Å². The zero-order valence-corrected chi connectivity index (χ0v) is 29.3. The molecular formula is C30H54F6P2Pt. The number of unbranched alkanes of at least 4 members (excludes halogenated alkanes) is 6. The van der Waals surface area contributed by atoms with Crippen LogP contribution in [0.25, 0.3) is 0 Å². The first kappa shape index (κ1) is 49.0. The normalized spacial score (nSPS) is 10.6. The third-order valence-electron chi connectivity index (χ3n) is 5.25. The van der Waals surface area contributed by atoms with Gasteiger partial charge in [0.25, 0.3) is 0 Å². The second-order valence-corrected chi connectivity index (χ2v) is 14.4. The molecule has 0 aliphatic rings. The van der Waals surface area contributed by atoms with Gasteiger partial charge in [-0.15, -0.1) is 15.8 Å². The second-order valence-electron chi connectivity index (χ2n) is 9.05. The van der Waals surface area contributed by atoms with Crippen molar-refractivity contribution in [3.63, 3.8) is 0 Å². The van der Waals surface area contributed by atoms with E-state index < -0.39 is 12.4 Å². The van der Waals surface area contributed by atoms with Gasteiger partial charge < -0.3 is 12.8 Å². The number of rotatable bonds is 18. The number of hydrogen-bond acceptors (Lipinski definition) is 0. The Labute approximate surface area is 255 Å². The first-order chi connectivity index (χ1) is 17.8. The van der Waals surface area contributed by atoms with E-state index in [0.717, 1.165) is 0 Å². The van der Waals surface area contributed by atoms with E-state index in [-0.39, 0.29) is 21.1 Å². The molecule has 0 N–H and O–H groups in total. The Balaban J connectivity index is -0.000000139. The second kappa shape index (κ2) is 36.3. The molecule has 0 atom stereocenters. The molecule has 0 aromatic rings. The van der Waals surface area contributed by atoms with Crippen LogP contribution < -0.4 is 0 Å². The van der Waals surface area contributed by atoms with Gasteiger partial charge in [0, 0.05) is 0 Å². The van der Waals surface area contributed by atoms with E-state index in [2.05, 4.69) is 41.5 Å². The van der Waals surface area contributed by atoms with Gasteiger partial charge in [-0.25, -0.2) is 11.8 Å². The predicted molar refractivity (Wildman–Crippen MR) is 159 cm³/mol. The Hall–Kier alpha value is 0.248. The average Bonchev–Trinajstić information content (AvgIpc) is 2.88. The van der Waals surface area contributed by atoms with Crippen LogP contribution in [-0.4, -0.2) is 49.3 Å². The minimum Gasteiger partial charge on any atom is -0.685 e. The first-order valence-corrected chi connectivity index (χ1v) is 18.1. The Morgan fingerprint density at radius 2 is 0.564 bits per heavy atom. The van der Waals surface area contributed by atoms with Gasteiger partial charge in [-0.05, 0) is 75.5 Å². The van der Waals surface area contributed by atoms with Crippen molar-refractivity contribution in [3.8, 4) is 11.8 Å². The van der Waals surface area contributed by atoms with Gasteiger partial charge in [0.05, 0.1) is 0 Å². The van der Waals surface area contributed by atoms with Gasteiger partial charge in [0.15, 0.2) is 0 Å². The Morgan fingerprint density at radius 1 is 0.436 bits per heavy atom. The van der Waals surface area contributed by atoms with Crippen molar-refractivity contribution >= 4 is 15.8 Å². The fourth-order valence-electron chi connectivity index (χ4n) is 2.96. The van der Waals surface area contributed by atoms with E-state index >= 15 is 0 Å². The Bertz CT molecular complexity index is 453. The molecule has 0 aliphatic heterocycles. The zero-order chi connectivity index (χ0) is 30.3. The van der Waals surface area contributed by atoms with E-state index in [1.54, 1.807) is 37.0 Å². The summed E-state index contributed by atoms with van der Waals surface area (Å²) in [5, 5.41) is 0. The van der Waals surface area contributed by atoms with Gasteiger partial charge in [0.1, 0.15) is 0 Å². The molecule has 39 heavy (non-hydrogen) atoms. The van der Waals surface area contributed by atoms with Gasteiger partial charge in [-0.1, -0.05) is 80.1 Å². The SMILES string of the molecule is CCCCP(CCCC)CCCC.CCCCP(CCCC)CCCC.[C-]#CC(F)(F)F.[C-]#CC(F)(F)F.[Pt+2]. The number of halogens is 6. The van der Waals surface area contributed by atoms with E-state index in [1.165, 1.54) is 77.0 Å². The quantitative estimate of drug-likeness (QED) is 0.0562. The van der Waals surface area contributed by atoms with Crippen LogP contribution >= 0.6 is 15.8 Å². The molecule has 9 heteroatoms. The van der Waals surface area contributed by atoms with Crippen LogP contribution in [0, 0.1) is 24.7 Å². The molecule has 236 valence electrons. The van der Waals surface area contributed by atoms with Crippen molar-refractivity contribution in [1.82, 2.24) is 0 Å². The van der Waals surface area contributed by atoms with Crippen LogP contribution in [0.1, 0.15) is 119 Å². The van der Waals surface area contributed by atoms with Gasteiger partial charge in [0.2, 0.25) is 0 Å². The van der Waals surface area contributed by atoms with E-state index in [1.807, 2.05) is 0 Å². The number of alkyl halides is 6. The molecule has 0 aliphatic carbocycles. The molecule has 0 rings (SSSR count). The summed E-state index contributed by atoms with van der Waals surface area (Å²) in [5.41, 5.74) is 0. The fraction of sp³-hybridized carbons (Fsp3) is 0.867. The van der Waals surface area contributed by atoms with Crippen LogP contribution in [0.2, 0.25) is 0 Å². The summed E-state index contributed by atoms with van der Waals surface area (Å²) in [6.45, 7) is 13.9. The molecule has 0 radical (unpaired) electrons. The topological polar surface area (TPSA) is 0 Å². The van der Waals surface area contributed by atoms with Crippen LogP contribution in [0.15, 0.2) is 0 Å². The van der Waals surface area contributed by atoms with E-state index in [0.29, 0.717) is 27.7 Å². The average molecular weight is 786 g/mol. The smallest absolute Gasteiger partial charge is 0.685 e. The van der Waals surface area contributed by atoms with Gasteiger partial charge in [-0.3, -0.25) is 0 Å². The summed E-state index contributed by atoms with van der Waals surface area (Å²) >= 11 is 0. The summed E-state index contributed by atoms with van der Waals surface area (Å²) < 4.78 is 62.9. The van der Waals surface area contributed by atoms with Crippen LogP contribution in [0.5, 0.6) is 0 Å².